The molecule has 2 atom stereocenters. The molecule has 0 aliphatic heterocycles. The van der Waals surface area contributed by atoms with Gasteiger partial charge in [-0.05, 0) is 79.2 Å². The van der Waals surface area contributed by atoms with Crippen LogP contribution in [0.3, 0.4) is 0 Å². The van der Waals surface area contributed by atoms with E-state index in [4.69, 9.17) is 0 Å². The molecule has 1 aromatic carbocycles. The molecule has 0 heterocycles. The first-order valence-electron chi connectivity index (χ1n) is 12.2. The van der Waals surface area contributed by atoms with Crippen LogP contribution in [0.4, 0.5) is 8.78 Å². The highest BCUT2D eigenvalue weighted by Gasteiger charge is 2.30. The molecule has 0 aromatic heterocycles. The third-order valence-electron chi connectivity index (χ3n) is 8.47. The molecule has 2 fully saturated rings. The van der Waals surface area contributed by atoms with Crippen molar-refractivity contribution >= 4 is 0 Å². The van der Waals surface area contributed by atoms with Crippen LogP contribution in [0, 0.1) is 35.3 Å². The lowest BCUT2D eigenvalue weighted by molar-refractivity contribution is 0.212. The Kier molecular flexibility index (Phi) is 6.76. The summed E-state index contributed by atoms with van der Waals surface area (Å²) in [5.74, 6) is 2.15. The summed E-state index contributed by atoms with van der Waals surface area (Å²) in [5.41, 5.74) is 1.18. The smallest absolute Gasteiger partial charge is 0.162 e. The van der Waals surface area contributed by atoms with Gasteiger partial charge in [0.05, 0.1) is 0 Å². The Morgan fingerprint density at radius 2 is 1.41 bits per heavy atom. The lowest BCUT2D eigenvalue weighted by atomic mass is 9.71. The predicted molar refractivity (Wildman–Crippen MR) is 117 cm³/mol. The highest BCUT2D eigenvalue weighted by Crippen LogP contribution is 2.43. The molecule has 0 amide bonds. The van der Waals surface area contributed by atoms with Gasteiger partial charge in [-0.3, -0.25) is 0 Å². The predicted octanol–water partition coefficient (Wildman–Crippen LogP) is 8.52. The molecular weight excluding hydrogens is 362 g/mol. The van der Waals surface area contributed by atoms with E-state index in [1.165, 1.54) is 32.1 Å². The van der Waals surface area contributed by atoms with Crippen LogP contribution in [0.5, 0.6) is 0 Å². The van der Waals surface area contributed by atoms with Gasteiger partial charge in [-0.25, -0.2) is 8.78 Å². The molecule has 1 aromatic rings. The fourth-order valence-electron chi connectivity index (χ4n) is 6.27. The Hall–Kier alpha value is -1.18. The van der Waals surface area contributed by atoms with Crippen LogP contribution in [0.25, 0.3) is 0 Å². The standard InChI is InChI=1S/C27H38F2/c1-3-19-6-10-20(11-7-19)21-12-14-23(15-13-21)25-17-16-24(26(28)27(25)29)22-8-4-18(2)5-9-22/h12,14,16-23H,3-11,13,15H2,1-2H3. The molecule has 0 spiro atoms. The molecule has 4 rings (SSSR count). The van der Waals surface area contributed by atoms with Crippen molar-refractivity contribution in [2.75, 3.05) is 0 Å². The minimum atomic E-state index is -0.585. The van der Waals surface area contributed by atoms with Gasteiger partial charge in [0.1, 0.15) is 0 Å². The molecule has 0 saturated heterocycles. The molecule has 3 aliphatic rings. The van der Waals surface area contributed by atoms with Crippen molar-refractivity contribution in [1.29, 1.82) is 0 Å². The average Bonchev–Trinajstić information content (AvgIpc) is 2.77. The number of rotatable bonds is 4. The van der Waals surface area contributed by atoms with E-state index >= 15 is 4.39 Å². The minimum Gasteiger partial charge on any atom is -0.203 e. The molecule has 2 saturated carbocycles. The van der Waals surface area contributed by atoms with E-state index < -0.39 is 11.6 Å². The summed E-state index contributed by atoms with van der Waals surface area (Å²) in [6.07, 6.45) is 17.6. The van der Waals surface area contributed by atoms with Crippen LogP contribution in [-0.4, -0.2) is 0 Å². The van der Waals surface area contributed by atoms with Crippen molar-refractivity contribution in [3.63, 3.8) is 0 Å². The van der Waals surface area contributed by atoms with E-state index in [1.807, 2.05) is 12.1 Å². The van der Waals surface area contributed by atoms with Crippen LogP contribution in [-0.2, 0) is 0 Å². The minimum absolute atomic E-state index is 0.0353. The summed E-state index contributed by atoms with van der Waals surface area (Å²) in [4.78, 5) is 0. The molecule has 3 aliphatic carbocycles. The second-order valence-corrected chi connectivity index (χ2v) is 10.3. The maximum absolute atomic E-state index is 15.0. The zero-order chi connectivity index (χ0) is 20.4. The monoisotopic (exact) mass is 400 g/mol. The SMILES string of the molecule is CCC1CCC(C2C=CC(c3ccc(C4CCC(C)CC4)c(F)c3F)CC2)CC1. The van der Waals surface area contributed by atoms with Crippen LogP contribution in [0.15, 0.2) is 24.3 Å². The van der Waals surface area contributed by atoms with Crippen molar-refractivity contribution in [3.05, 3.63) is 47.0 Å². The lowest BCUT2D eigenvalue weighted by Gasteiger charge is -2.35. The van der Waals surface area contributed by atoms with E-state index in [9.17, 15) is 4.39 Å². The molecule has 160 valence electrons. The zero-order valence-corrected chi connectivity index (χ0v) is 18.3. The number of hydrogen-bond donors (Lipinski definition) is 0. The fraction of sp³-hybridized carbons (Fsp3) is 0.704. The molecule has 0 nitrogen and oxygen atoms in total. The van der Waals surface area contributed by atoms with E-state index in [-0.39, 0.29) is 11.8 Å². The fourth-order valence-corrected chi connectivity index (χ4v) is 6.27. The van der Waals surface area contributed by atoms with Gasteiger partial charge in [0, 0.05) is 5.92 Å². The topological polar surface area (TPSA) is 0 Å². The van der Waals surface area contributed by atoms with Gasteiger partial charge in [-0.15, -0.1) is 0 Å². The summed E-state index contributed by atoms with van der Waals surface area (Å²) in [6.45, 7) is 4.57. The molecule has 0 radical (unpaired) electrons. The van der Waals surface area contributed by atoms with Gasteiger partial charge < -0.3 is 0 Å². The molecule has 0 bridgehead atoms. The molecule has 2 unspecified atom stereocenters. The Morgan fingerprint density at radius 3 is 2.03 bits per heavy atom. The third-order valence-corrected chi connectivity index (χ3v) is 8.47. The van der Waals surface area contributed by atoms with Gasteiger partial charge in [0.25, 0.3) is 0 Å². The molecule has 2 heteroatoms. The second-order valence-electron chi connectivity index (χ2n) is 10.3. The van der Waals surface area contributed by atoms with Crippen molar-refractivity contribution in [2.24, 2.45) is 23.7 Å². The Bertz CT molecular complexity index is 705. The first-order chi connectivity index (χ1) is 14.1. The maximum atomic E-state index is 15.0. The summed E-state index contributed by atoms with van der Waals surface area (Å²) < 4.78 is 29.9. The highest BCUT2D eigenvalue weighted by atomic mass is 19.2. The number of allylic oxidation sites excluding steroid dienone is 2. The van der Waals surface area contributed by atoms with Crippen molar-refractivity contribution < 1.29 is 8.78 Å². The van der Waals surface area contributed by atoms with Gasteiger partial charge >= 0.3 is 0 Å². The average molecular weight is 401 g/mol. The largest absolute Gasteiger partial charge is 0.203 e. The van der Waals surface area contributed by atoms with E-state index in [0.717, 1.165) is 56.3 Å². The van der Waals surface area contributed by atoms with Crippen LogP contribution in [0.1, 0.15) is 107 Å². The third kappa shape index (κ3) is 4.62. The Balaban J connectivity index is 1.42. The van der Waals surface area contributed by atoms with Crippen molar-refractivity contribution in [1.82, 2.24) is 0 Å². The first kappa shape index (κ1) is 21.1. The summed E-state index contributed by atoms with van der Waals surface area (Å²) in [5, 5.41) is 0. The number of benzene rings is 1. The van der Waals surface area contributed by atoms with Crippen LogP contribution in [0.2, 0.25) is 0 Å². The molecular formula is C27H38F2. The van der Waals surface area contributed by atoms with Crippen LogP contribution < -0.4 is 0 Å². The summed E-state index contributed by atoms with van der Waals surface area (Å²) >= 11 is 0. The Labute approximate surface area is 176 Å². The number of hydrogen-bond acceptors (Lipinski definition) is 0. The van der Waals surface area contributed by atoms with Crippen molar-refractivity contribution in [3.8, 4) is 0 Å². The van der Waals surface area contributed by atoms with Gasteiger partial charge in [-0.1, -0.05) is 70.2 Å². The van der Waals surface area contributed by atoms with Gasteiger partial charge in [0.15, 0.2) is 11.6 Å². The summed E-state index contributed by atoms with van der Waals surface area (Å²) in [7, 11) is 0. The maximum Gasteiger partial charge on any atom is 0.162 e. The van der Waals surface area contributed by atoms with Gasteiger partial charge in [-0.2, -0.15) is 0 Å². The lowest BCUT2D eigenvalue weighted by Crippen LogP contribution is -2.23. The molecule has 0 N–H and O–H groups in total. The second kappa shape index (κ2) is 9.31. The number of halogens is 2. The molecule has 29 heavy (non-hydrogen) atoms. The highest BCUT2D eigenvalue weighted by molar-refractivity contribution is 5.34. The quantitative estimate of drug-likeness (QED) is 0.444. The van der Waals surface area contributed by atoms with Gasteiger partial charge in [0.2, 0.25) is 0 Å². The van der Waals surface area contributed by atoms with E-state index in [2.05, 4.69) is 26.0 Å². The van der Waals surface area contributed by atoms with E-state index in [1.54, 1.807) is 0 Å². The van der Waals surface area contributed by atoms with E-state index in [0.29, 0.717) is 17.0 Å². The van der Waals surface area contributed by atoms with Crippen molar-refractivity contribution in [2.45, 2.75) is 96.3 Å². The normalized spacial score (nSPS) is 35.6. The van der Waals surface area contributed by atoms with Crippen LogP contribution >= 0.6 is 0 Å². The Morgan fingerprint density at radius 1 is 0.759 bits per heavy atom. The summed E-state index contributed by atoms with van der Waals surface area (Å²) in [6, 6.07) is 3.77. The zero-order valence-electron chi connectivity index (χ0n) is 18.3. The first-order valence-corrected chi connectivity index (χ1v) is 12.2.